The molecule has 1 fully saturated rings. The predicted molar refractivity (Wildman–Crippen MR) is 76.9 cm³/mol. The van der Waals surface area contributed by atoms with Gasteiger partial charge in [0.15, 0.2) is 11.5 Å². The van der Waals surface area contributed by atoms with Crippen LogP contribution < -0.4 is 14.8 Å². The van der Waals surface area contributed by atoms with E-state index >= 15 is 0 Å². The van der Waals surface area contributed by atoms with Crippen molar-refractivity contribution < 1.29 is 9.47 Å². The van der Waals surface area contributed by atoms with Crippen LogP contribution >= 0.6 is 23.4 Å². The Morgan fingerprint density at radius 2 is 2.11 bits per heavy atom. The lowest BCUT2D eigenvalue weighted by atomic mass is 10.1. The van der Waals surface area contributed by atoms with Crippen molar-refractivity contribution in [2.75, 3.05) is 26.5 Å². The van der Waals surface area contributed by atoms with Crippen LogP contribution in [0.25, 0.3) is 0 Å². The lowest BCUT2D eigenvalue weighted by Crippen LogP contribution is -2.31. The van der Waals surface area contributed by atoms with Gasteiger partial charge >= 0.3 is 0 Å². The lowest BCUT2D eigenvalue weighted by molar-refractivity contribution is 0.354. The Morgan fingerprint density at radius 1 is 1.33 bits per heavy atom. The lowest BCUT2D eigenvalue weighted by Gasteiger charge is -2.28. The third-order valence-corrected chi connectivity index (χ3v) is 4.90. The van der Waals surface area contributed by atoms with E-state index in [4.69, 9.17) is 21.1 Å². The molecule has 0 aromatic heterocycles. The summed E-state index contributed by atoms with van der Waals surface area (Å²) in [4.78, 5) is 0. The fourth-order valence-corrected chi connectivity index (χ4v) is 3.63. The Balaban J connectivity index is 2.28. The highest BCUT2D eigenvalue weighted by atomic mass is 35.5. The quantitative estimate of drug-likeness (QED) is 0.924. The van der Waals surface area contributed by atoms with Crippen LogP contribution in [0.2, 0.25) is 5.02 Å². The summed E-state index contributed by atoms with van der Waals surface area (Å²) in [6.45, 7) is 3.26. The first-order valence-corrected chi connectivity index (χ1v) is 7.35. The van der Waals surface area contributed by atoms with Crippen molar-refractivity contribution in [1.29, 1.82) is 0 Å². The minimum absolute atomic E-state index is 0.230. The summed E-state index contributed by atoms with van der Waals surface area (Å²) in [5.74, 6) is 3.12. The molecule has 1 aliphatic rings. The van der Waals surface area contributed by atoms with Crippen molar-refractivity contribution in [3.63, 3.8) is 0 Å². The van der Waals surface area contributed by atoms with Gasteiger partial charge in [0.2, 0.25) is 0 Å². The fraction of sp³-hybridized carbons (Fsp3) is 0.538. The Morgan fingerprint density at radius 3 is 2.67 bits per heavy atom. The largest absolute Gasteiger partial charge is 0.493 e. The van der Waals surface area contributed by atoms with E-state index in [2.05, 4.69) is 12.2 Å². The first kappa shape index (κ1) is 13.8. The summed E-state index contributed by atoms with van der Waals surface area (Å²) in [5.41, 5.74) is 1.06. The van der Waals surface area contributed by atoms with Crippen LogP contribution in [0.5, 0.6) is 11.5 Å². The number of ether oxygens (including phenoxy) is 2. The van der Waals surface area contributed by atoms with Crippen molar-refractivity contribution in [2.45, 2.75) is 12.3 Å². The standard InChI is InChI=1S/C13H18ClNO2S/c1-8-6-15-13(18-7-8)9-4-5-10(16-2)12(17-3)11(9)14/h4-5,8,13,15H,6-7H2,1-3H3. The van der Waals surface area contributed by atoms with Gasteiger partial charge in [-0.05, 0) is 24.3 Å². The van der Waals surface area contributed by atoms with Gasteiger partial charge in [-0.3, -0.25) is 0 Å². The minimum Gasteiger partial charge on any atom is -0.493 e. The Kier molecular flexibility index (Phi) is 4.65. The van der Waals surface area contributed by atoms with Gasteiger partial charge in [-0.1, -0.05) is 24.6 Å². The van der Waals surface area contributed by atoms with E-state index in [1.165, 1.54) is 0 Å². The molecule has 0 amide bonds. The molecule has 0 bridgehead atoms. The maximum atomic E-state index is 6.40. The van der Waals surface area contributed by atoms with Crippen LogP contribution in [-0.2, 0) is 0 Å². The first-order chi connectivity index (χ1) is 8.67. The van der Waals surface area contributed by atoms with Gasteiger partial charge in [0.1, 0.15) is 0 Å². The van der Waals surface area contributed by atoms with Gasteiger partial charge in [-0.15, -0.1) is 11.8 Å². The van der Waals surface area contributed by atoms with E-state index in [0.29, 0.717) is 22.4 Å². The number of thioether (sulfide) groups is 1. The SMILES string of the molecule is COc1ccc(C2NCC(C)CS2)c(Cl)c1OC. The molecule has 0 aliphatic carbocycles. The molecule has 1 aliphatic heterocycles. The van der Waals surface area contributed by atoms with E-state index < -0.39 is 0 Å². The number of hydrogen-bond acceptors (Lipinski definition) is 4. The topological polar surface area (TPSA) is 30.5 Å². The Hall–Kier alpha value is -0.580. The molecular formula is C13H18ClNO2S. The molecule has 1 N–H and O–H groups in total. The molecule has 100 valence electrons. The second-order valence-electron chi connectivity index (χ2n) is 4.43. The monoisotopic (exact) mass is 287 g/mol. The average Bonchev–Trinajstić information content (AvgIpc) is 2.39. The fourth-order valence-electron chi connectivity index (χ4n) is 1.99. The summed E-state index contributed by atoms with van der Waals surface area (Å²) >= 11 is 8.28. The zero-order valence-corrected chi connectivity index (χ0v) is 12.4. The number of halogens is 1. The molecule has 1 aromatic rings. The number of rotatable bonds is 3. The van der Waals surface area contributed by atoms with Crippen molar-refractivity contribution in [3.05, 3.63) is 22.7 Å². The molecule has 1 aromatic carbocycles. The first-order valence-electron chi connectivity index (χ1n) is 5.92. The molecule has 18 heavy (non-hydrogen) atoms. The van der Waals surface area contributed by atoms with Gasteiger partial charge in [-0.2, -0.15) is 0 Å². The third kappa shape index (κ3) is 2.71. The van der Waals surface area contributed by atoms with Crippen molar-refractivity contribution in [3.8, 4) is 11.5 Å². The number of methoxy groups -OCH3 is 2. The normalized spacial score (nSPS) is 23.8. The highest BCUT2D eigenvalue weighted by Crippen LogP contribution is 2.43. The average molecular weight is 288 g/mol. The van der Waals surface area contributed by atoms with Crippen LogP contribution in [0, 0.1) is 5.92 Å². The third-order valence-electron chi connectivity index (χ3n) is 3.00. The van der Waals surface area contributed by atoms with Crippen LogP contribution in [-0.4, -0.2) is 26.5 Å². The second-order valence-corrected chi connectivity index (χ2v) is 5.95. The zero-order chi connectivity index (χ0) is 13.1. The maximum absolute atomic E-state index is 6.40. The van der Waals surface area contributed by atoms with Crippen LogP contribution in [0.4, 0.5) is 0 Å². The van der Waals surface area contributed by atoms with Gasteiger partial charge in [0.25, 0.3) is 0 Å². The molecule has 2 atom stereocenters. The molecule has 2 unspecified atom stereocenters. The van der Waals surface area contributed by atoms with Crippen LogP contribution in [0.3, 0.4) is 0 Å². The minimum atomic E-state index is 0.230. The van der Waals surface area contributed by atoms with Gasteiger partial charge in [0.05, 0.1) is 24.6 Å². The zero-order valence-electron chi connectivity index (χ0n) is 10.8. The van der Waals surface area contributed by atoms with E-state index in [0.717, 1.165) is 17.9 Å². The number of benzene rings is 1. The Labute approximate surface area is 117 Å². The summed E-state index contributed by atoms with van der Waals surface area (Å²) in [6, 6.07) is 3.91. The molecule has 2 rings (SSSR count). The van der Waals surface area contributed by atoms with E-state index in [9.17, 15) is 0 Å². The Bertz CT molecular complexity index is 420. The summed E-state index contributed by atoms with van der Waals surface area (Å²) in [5, 5.41) is 4.36. The van der Waals surface area contributed by atoms with Crippen molar-refractivity contribution in [2.24, 2.45) is 5.92 Å². The molecule has 1 heterocycles. The molecule has 0 spiro atoms. The molecular weight excluding hydrogens is 270 g/mol. The van der Waals surface area contributed by atoms with E-state index in [1.54, 1.807) is 14.2 Å². The smallest absolute Gasteiger partial charge is 0.179 e. The predicted octanol–water partition coefficient (Wildman–Crippen LogP) is 3.33. The van der Waals surface area contributed by atoms with Crippen LogP contribution in [0.1, 0.15) is 17.9 Å². The molecule has 1 saturated heterocycles. The molecule has 5 heteroatoms. The van der Waals surface area contributed by atoms with E-state index in [-0.39, 0.29) is 5.37 Å². The van der Waals surface area contributed by atoms with E-state index in [1.807, 2.05) is 23.9 Å². The second kappa shape index (κ2) is 6.04. The number of nitrogens with one attached hydrogen (secondary N) is 1. The molecule has 0 radical (unpaired) electrons. The van der Waals surface area contributed by atoms with Gasteiger partial charge in [-0.25, -0.2) is 0 Å². The van der Waals surface area contributed by atoms with Crippen LogP contribution in [0.15, 0.2) is 12.1 Å². The van der Waals surface area contributed by atoms with Crippen molar-refractivity contribution in [1.82, 2.24) is 5.32 Å². The van der Waals surface area contributed by atoms with Gasteiger partial charge < -0.3 is 14.8 Å². The summed E-state index contributed by atoms with van der Waals surface area (Å²) in [6.07, 6.45) is 0. The summed E-state index contributed by atoms with van der Waals surface area (Å²) < 4.78 is 10.6. The van der Waals surface area contributed by atoms with Crippen molar-refractivity contribution >= 4 is 23.4 Å². The summed E-state index contributed by atoms with van der Waals surface area (Å²) in [7, 11) is 3.22. The number of hydrogen-bond donors (Lipinski definition) is 1. The van der Waals surface area contributed by atoms with Gasteiger partial charge in [0, 0.05) is 5.56 Å². The highest BCUT2D eigenvalue weighted by Gasteiger charge is 2.24. The molecule has 3 nitrogen and oxygen atoms in total. The maximum Gasteiger partial charge on any atom is 0.179 e. The molecule has 0 saturated carbocycles. The highest BCUT2D eigenvalue weighted by molar-refractivity contribution is 7.99.